The minimum Gasteiger partial charge on any atom is -0.397 e. The number of morpholine rings is 1. The second-order valence-electron chi connectivity index (χ2n) is 5.22. The standard InChI is InChI=1S/C14H17ClN4O/c15-14-12(17)5-10(7-16)6-13(14)19-2-1-18-3-4-20-9-11(18)8-19/h5-6,11H,1-4,8-9,17H2. The molecule has 2 saturated heterocycles. The van der Waals surface area contributed by atoms with Crippen LogP contribution >= 0.6 is 11.6 Å². The number of piperazine rings is 1. The largest absolute Gasteiger partial charge is 0.397 e. The molecule has 0 aromatic heterocycles. The second-order valence-corrected chi connectivity index (χ2v) is 5.60. The van der Waals surface area contributed by atoms with E-state index in [-0.39, 0.29) is 0 Å². The monoisotopic (exact) mass is 292 g/mol. The van der Waals surface area contributed by atoms with E-state index in [0.717, 1.165) is 45.1 Å². The van der Waals surface area contributed by atoms with Gasteiger partial charge in [-0.1, -0.05) is 11.6 Å². The Balaban J connectivity index is 1.86. The van der Waals surface area contributed by atoms with Crippen LogP contribution in [-0.2, 0) is 4.74 Å². The number of fused-ring (bicyclic) bond motifs is 1. The van der Waals surface area contributed by atoms with Crippen LogP contribution < -0.4 is 10.6 Å². The second kappa shape index (κ2) is 5.49. The number of halogens is 1. The molecule has 2 heterocycles. The Labute approximate surface area is 123 Å². The maximum Gasteiger partial charge on any atom is 0.0993 e. The lowest BCUT2D eigenvalue weighted by Crippen LogP contribution is -2.58. The predicted octanol–water partition coefficient (Wildman–Crippen LogP) is 1.31. The molecule has 2 N–H and O–H groups in total. The quantitative estimate of drug-likeness (QED) is 0.791. The van der Waals surface area contributed by atoms with E-state index in [1.165, 1.54) is 0 Å². The van der Waals surface area contributed by atoms with Gasteiger partial charge in [0, 0.05) is 26.2 Å². The summed E-state index contributed by atoms with van der Waals surface area (Å²) in [5.41, 5.74) is 7.75. The van der Waals surface area contributed by atoms with Gasteiger partial charge in [-0.15, -0.1) is 0 Å². The van der Waals surface area contributed by atoms with Gasteiger partial charge >= 0.3 is 0 Å². The Morgan fingerprint density at radius 3 is 3.00 bits per heavy atom. The van der Waals surface area contributed by atoms with E-state index in [2.05, 4.69) is 15.9 Å². The summed E-state index contributed by atoms with van der Waals surface area (Å²) in [7, 11) is 0. The van der Waals surface area contributed by atoms with Crippen molar-refractivity contribution in [2.45, 2.75) is 6.04 Å². The van der Waals surface area contributed by atoms with Crippen LogP contribution in [0.3, 0.4) is 0 Å². The van der Waals surface area contributed by atoms with E-state index in [1.54, 1.807) is 6.07 Å². The third-order valence-electron chi connectivity index (χ3n) is 3.99. The average Bonchev–Trinajstić information content (AvgIpc) is 2.49. The fraction of sp³-hybridized carbons (Fsp3) is 0.500. The van der Waals surface area contributed by atoms with Gasteiger partial charge < -0.3 is 15.4 Å². The van der Waals surface area contributed by atoms with E-state index in [0.29, 0.717) is 22.3 Å². The minimum absolute atomic E-state index is 0.389. The van der Waals surface area contributed by atoms with Crippen molar-refractivity contribution in [3.8, 4) is 6.07 Å². The molecule has 2 aliphatic rings. The molecule has 0 bridgehead atoms. The van der Waals surface area contributed by atoms with Crippen molar-refractivity contribution in [2.24, 2.45) is 0 Å². The lowest BCUT2D eigenvalue weighted by molar-refractivity contribution is -0.0116. The molecule has 1 atom stereocenters. The summed E-state index contributed by atoms with van der Waals surface area (Å²) in [4.78, 5) is 4.65. The number of nitrogens with two attached hydrogens (primary N) is 1. The molecule has 20 heavy (non-hydrogen) atoms. The maximum absolute atomic E-state index is 9.07. The summed E-state index contributed by atoms with van der Waals surface area (Å²) in [6, 6.07) is 5.95. The summed E-state index contributed by atoms with van der Waals surface area (Å²) in [5.74, 6) is 0. The van der Waals surface area contributed by atoms with Crippen LogP contribution in [0.25, 0.3) is 0 Å². The van der Waals surface area contributed by atoms with Gasteiger partial charge in [0.15, 0.2) is 0 Å². The van der Waals surface area contributed by atoms with Gasteiger partial charge in [0.05, 0.1) is 47.3 Å². The van der Waals surface area contributed by atoms with Crippen LogP contribution in [-0.4, -0.2) is 50.3 Å². The Bertz CT molecular complexity index is 557. The number of hydrogen-bond acceptors (Lipinski definition) is 5. The Kier molecular flexibility index (Phi) is 3.70. The molecule has 0 amide bonds. The fourth-order valence-corrected chi connectivity index (χ4v) is 3.12. The molecule has 2 aliphatic heterocycles. The van der Waals surface area contributed by atoms with Gasteiger partial charge in [-0.05, 0) is 12.1 Å². The van der Waals surface area contributed by atoms with E-state index in [4.69, 9.17) is 27.3 Å². The zero-order chi connectivity index (χ0) is 14.1. The molecular formula is C14H17ClN4O. The van der Waals surface area contributed by atoms with Crippen molar-refractivity contribution in [3.05, 3.63) is 22.7 Å². The number of ether oxygens (including phenoxy) is 1. The van der Waals surface area contributed by atoms with Gasteiger partial charge in [-0.3, -0.25) is 4.90 Å². The zero-order valence-electron chi connectivity index (χ0n) is 11.2. The number of benzene rings is 1. The summed E-state index contributed by atoms with van der Waals surface area (Å²) < 4.78 is 5.54. The van der Waals surface area contributed by atoms with E-state index >= 15 is 0 Å². The number of hydrogen-bond donors (Lipinski definition) is 1. The predicted molar refractivity (Wildman–Crippen MR) is 79.0 cm³/mol. The number of anilines is 2. The van der Waals surface area contributed by atoms with Crippen LogP contribution in [0.2, 0.25) is 5.02 Å². The number of nitrogen functional groups attached to an aromatic ring is 1. The van der Waals surface area contributed by atoms with Crippen molar-refractivity contribution < 1.29 is 4.74 Å². The van der Waals surface area contributed by atoms with Crippen molar-refractivity contribution in [1.29, 1.82) is 5.26 Å². The number of nitrogens with zero attached hydrogens (tertiary/aromatic N) is 3. The third kappa shape index (κ3) is 2.42. The molecule has 0 aliphatic carbocycles. The molecule has 0 spiro atoms. The van der Waals surface area contributed by atoms with Crippen LogP contribution in [0.1, 0.15) is 5.56 Å². The first kappa shape index (κ1) is 13.5. The average molecular weight is 293 g/mol. The number of rotatable bonds is 1. The van der Waals surface area contributed by atoms with Gasteiger partial charge in [0.2, 0.25) is 0 Å². The lowest BCUT2D eigenvalue weighted by Gasteiger charge is -2.44. The first-order valence-corrected chi connectivity index (χ1v) is 7.12. The molecule has 6 heteroatoms. The highest BCUT2D eigenvalue weighted by molar-refractivity contribution is 6.35. The minimum atomic E-state index is 0.389. The SMILES string of the molecule is N#Cc1cc(N)c(Cl)c(N2CCN3CCOCC3C2)c1. The zero-order valence-corrected chi connectivity index (χ0v) is 11.9. The van der Waals surface area contributed by atoms with Crippen molar-refractivity contribution in [3.63, 3.8) is 0 Å². The molecule has 0 saturated carbocycles. The van der Waals surface area contributed by atoms with Gasteiger partial charge in [0.1, 0.15) is 0 Å². The normalized spacial score (nSPS) is 23.2. The van der Waals surface area contributed by atoms with E-state index in [1.807, 2.05) is 6.07 Å². The van der Waals surface area contributed by atoms with E-state index in [9.17, 15) is 0 Å². The molecule has 1 aromatic rings. The molecule has 3 rings (SSSR count). The Morgan fingerprint density at radius 2 is 2.20 bits per heavy atom. The van der Waals surface area contributed by atoms with Crippen molar-refractivity contribution in [2.75, 3.05) is 50.0 Å². The smallest absolute Gasteiger partial charge is 0.0993 e. The molecule has 1 aromatic carbocycles. The van der Waals surface area contributed by atoms with Gasteiger partial charge in [-0.25, -0.2) is 0 Å². The molecule has 2 fully saturated rings. The highest BCUT2D eigenvalue weighted by Crippen LogP contribution is 2.34. The molecule has 106 valence electrons. The molecule has 0 radical (unpaired) electrons. The molecular weight excluding hydrogens is 276 g/mol. The summed E-state index contributed by atoms with van der Waals surface area (Å²) in [6.07, 6.45) is 0. The van der Waals surface area contributed by atoms with Gasteiger partial charge in [0.25, 0.3) is 0 Å². The fourth-order valence-electron chi connectivity index (χ4n) is 2.89. The van der Waals surface area contributed by atoms with E-state index < -0.39 is 0 Å². The highest BCUT2D eigenvalue weighted by atomic mass is 35.5. The van der Waals surface area contributed by atoms with Crippen molar-refractivity contribution in [1.82, 2.24) is 4.90 Å². The molecule has 5 nitrogen and oxygen atoms in total. The van der Waals surface area contributed by atoms with Crippen LogP contribution in [0, 0.1) is 11.3 Å². The van der Waals surface area contributed by atoms with Crippen molar-refractivity contribution >= 4 is 23.0 Å². The first-order chi connectivity index (χ1) is 9.69. The lowest BCUT2D eigenvalue weighted by atomic mass is 10.1. The van der Waals surface area contributed by atoms with Crippen LogP contribution in [0.5, 0.6) is 0 Å². The summed E-state index contributed by atoms with van der Waals surface area (Å²) in [5, 5.41) is 9.60. The topological polar surface area (TPSA) is 65.5 Å². The Morgan fingerprint density at radius 1 is 1.35 bits per heavy atom. The third-order valence-corrected chi connectivity index (χ3v) is 4.40. The molecule has 1 unspecified atom stereocenters. The van der Waals surface area contributed by atoms with Crippen LogP contribution in [0.15, 0.2) is 12.1 Å². The van der Waals surface area contributed by atoms with Crippen LogP contribution in [0.4, 0.5) is 11.4 Å². The van der Waals surface area contributed by atoms with Gasteiger partial charge in [-0.2, -0.15) is 5.26 Å². The first-order valence-electron chi connectivity index (χ1n) is 6.75. The summed E-state index contributed by atoms with van der Waals surface area (Å²) in [6.45, 7) is 5.29. The number of nitriles is 1. The Hall–Kier alpha value is -1.48. The highest BCUT2D eigenvalue weighted by Gasteiger charge is 2.30. The summed E-state index contributed by atoms with van der Waals surface area (Å²) >= 11 is 6.31. The maximum atomic E-state index is 9.07.